The fourth-order valence-electron chi connectivity index (χ4n) is 5.66. The monoisotopic (exact) mass is 544 g/mol. The summed E-state index contributed by atoms with van der Waals surface area (Å²) in [6, 6.07) is 20.5. The molecule has 9 nitrogen and oxygen atoms in total. The van der Waals surface area contributed by atoms with E-state index >= 15 is 0 Å². The van der Waals surface area contributed by atoms with Gasteiger partial charge in [0.2, 0.25) is 5.91 Å². The van der Waals surface area contributed by atoms with E-state index in [2.05, 4.69) is 20.8 Å². The van der Waals surface area contributed by atoms with Crippen molar-refractivity contribution >= 4 is 46.0 Å². The molecule has 4 aromatic rings. The van der Waals surface area contributed by atoms with E-state index in [0.29, 0.717) is 35.9 Å². The number of rotatable bonds is 6. The average molecular weight is 545 g/mol. The van der Waals surface area contributed by atoms with Gasteiger partial charge in [0.25, 0.3) is 0 Å². The lowest BCUT2D eigenvalue weighted by Crippen LogP contribution is -2.49. The van der Waals surface area contributed by atoms with Crippen molar-refractivity contribution in [2.75, 3.05) is 24.1 Å². The Labute approximate surface area is 230 Å². The molecular formula is C29H29ClN6O3. The Balaban J connectivity index is 1.27. The van der Waals surface area contributed by atoms with E-state index in [1.54, 1.807) is 17.0 Å². The van der Waals surface area contributed by atoms with Crippen molar-refractivity contribution < 1.29 is 14.3 Å². The minimum atomic E-state index is -0.938. The molecule has 3 atom stereocenters. The number of likely N-dealkylation sites (tertiary alicyclic amines) is 1. The molecule has 200 valence electrons. The molecule has 0 saturated carbocycles. The third-order valence-corrected chi connectivity index (χ3v) is 7.92. The number of nitrogens with two attached hydrogens (primary N) is 1. The number of carbonyl (C=O) groups is 2. The van der Waals surface area contributed by atoms with E-state index in [1.165, 1.54) is 0 Å². The molecule has 3 heterocycles. The predicted molar refractivity (Wildman–Crippen MR) is 150 cm³/mol. The standard InChI is InChI=1S/C29H29ClN6O3/c1-17(19-7-9-21-24(14-19)34-35-26(21)31)32-25(13-18-5-3-2-4-6-18)27(37)36-12-11-29(16-36)22-15-20(30)8-10-23(22)33-28(38)39-29/h2-10,14-15,17,25,32H,11-13,16H2,1H3,(H,33,38)(H3,31,34,35)/t17?,25-,29-/m0/s1. The summed E-state index contributed by atoms with van der Waals surface area (Å²) in [6.45, 7) is 2.75. The van der Waals surface area contributed by atoms with Gasteiger partial charge in [-0.05, 0) is 54.8 Å². The normalized spacial score (nSPS) is 19.9. The maximum atomic E-state index is 14.1. The zero-order valence-electron chi connectivity index (χ0n) is 21.4. The molecular weight excluding hydrogens is 516 g/mol. The van der Waals surface area contributed by atoms with Crippen LogP contribution in [0.25, 0.3) is 10.9 Å². The number of fused-ring (bicyclic) bond motifs is 3. The molecule has 39 heavy (non-hydrogen) atoms. The van der Waals surface area contributed by atoms with Gasteiger partial charge in [-0.3, -0.25) is 20.5 Å². The molecule has 0 radical (unpaired) electrons. The summed E-state index contributed by atoms with van der Waals surface area (Å²) in [4.78, 5) is 28.3. The van der Waals surface area contributed by atoms with E-state index < -0.39 is 17.7 Å². The van der Waals surface area contributed by atoms with Crippen LogP contribution in [-0.2, 0) is 21.6 Å². The van der Waals surface area contributed by atoms with Crippen LogP contribution < -0.4 is 16.4 Å². The summed E-state index contributed by atoms with van der Waals surface area (Å²) >= 11 is 6.30. The SMILES string of the molecule is CC(N[C@@H](Cc1ccccc1)C(=O)N1CC[C@@]2(C1)OC(=O)Nc1ccc(Cl)cc12)c1ccc2c(N)n[nH]c2c1. The van der Waals surface area contributed by atoms with Crippen LogP contribution in [-0.4, -0.2) is 46.2 Å². The smallest absolute Gasteiger partial charge is 0.412 e. The number of ether oxygens (including phenoxy) is 1. The lowest BCUT2D eigenvalue weighted by molar-refractivity contribution is -0.133. The lowest BCUT2D eigenvalue weighted by Gasteiger charge is -2.36. The Morgan fingerprint density at radius 3 is 2.85 bits per heavy atom. The van der Waals surface area contributed by atoms with Crippen LogP contribution in [0.3, 0.4) is 0 Å². The molecule has 2 amide bonds. The van der Waals surface area contributed by atoms with Crippen LogP contribution in [0.4, 0.5) is 16.3 Å². The second-order valence-corrected chi connectivity index (χ2v) is 10.7. The summed E-state index contributed by atoms with van der Waals surface area (Å²) in [5, 5.41) is 14.8. The number of nitrogens with one attached hydrogen (secondary N) is 3. The molecule has 1 aromatic heterocycles. The number of anilines is 2. The van der Waals surface area contributed by atoms with Gasteiger partial charge in [0, 0.05) is 35.0 Å². The highest BCUT2D eigenvalue weighted by molar-refractivity contribution is 6.30. The minimum Gasteiger partial charge on any atom is -0.436 e. The van der Waals surface area contributed by atoms with Gasteiger partial charge >= 0.3 is 6.09 Å². The van der Waals surface area contributed by atoms with Crippen molar-refractivity contribution in [3.05, 3.63) is 88.4 Å². The van der Waals surface area contributed by atoms with Crippen LogP contribution in [0.5, 0.6) is 0 Å². The van der Waals surface area contributed by atoms with E-state index in [0.717, 1.165) is 27.6 Å². The molecule has 2 aliphatic heterocycles. The number of hydrogen-bond acceptors (Lipinski definition) is 6. The summed E-state index contributed by atoms with van der Waals surface area (Å²) in [6.07, 6.45) is 0.475. The molecule has 1 fully saturated rings. The first-order chi connectivity index (χ1) is 18.8. The Morgan fingerprint density at radius 2 is 2.03 bits per heavy atom. The highest BCUT2D eigenvalue weighted by Gasteiger charge is 2.49. The number of aromatic amines is 1. The van der Waals surface area contributed by atoms with Gasteiger partial charge in [-0.2, -0.15) is 5.10 Å². The number of aromatic nitrogens is 2. The molecule has 6 rings (SSSR count). The van der Waals surface area contributed by atoms with Crippen molar-refractivity contribution in [3.63, 3.8) is 0 Å². The van der Waals surface area contributed by atoms with Gasteiger partial charge in [0.05, 0.1) is 23.8 Å². The van der Waals surface area contributed by atoms with Crippen molar-refractivity contribution in [1.82, 2.24) is 20.4 Å². The van der Waals surface area contributed by atoms with Crippen LogP contribution in [0.15, 0.2) is 66.7 Å². The number of hydrogen-bond donors (Lipinski definition) is 4. The van der Waals surface area contributed by atoms with Crippen molar-refractivity contribution in [3.8, 4) is 0 Å². The summed E-state index contributed by atoms with van der Waals surface area (Å²) in [5.74, 6) is 0.409. The first-order valence-corrected chi connectivity index (χ1v) is 13.3. The number of H-pyrrole nitrogens is 1. The maximum absolute atomic E-state index is 14.1. The predicted octanol–water partition coefficient (Wildman–Crippen LogP) is 4.75. The third kappa shape index (κ3) is 4.79. The van der Waals surface area contributed by atoms with Gasteiger partial charge in [0.15, 0.2) is 11.4 Å². The van der Waals surface area contributed by atoms with Gasteiger partial charge < -0.3 is 15.4 Å². The first kappa shape index (κ1) is 25.2. The Kier molecular flexibility index (Phi) is 6.40. The molecule has 1 saturated heterocycles. The van der Waals surface area contributed by atoms with Gasteiger partial charge in [-0.1, -0.05) is 48.0 Å². The largest absolute Gasteiger partial charge is 0.436 e. The zero-order valence-corrected chi connectivity index (χ0v) is 22.2. The van der Waals surface area contributed by atoms with E-state index in [4.69, 9.17) is 22.1 Å². The van der Waals surface area contributed by atoms with Crippen molar-refractivity contribution in [1.29, 1.82) is 0 Å². The Bertz CT molecular complexity index is 1560. The van der Waals surface area contributed by atoms with E-state index in [-0.39, 0.29) is 18.5 Å². The topological polar surface area (TPSA) is 125 Å². The molecule has 0 aliphatic carbocycles. The Morgan fingerprint density at radius 1 is 1.21 bits per heavy atom. The fourth-order valence-corrected chi connectivity index (χ4v) is 5.83. The number of benzene rings is 3. The summed E-state index contributed by atoms with van der Waals surface area (Å²) in [5.41, 5.74) is 9.34. The fraction of sp³-hybridized carbons (Fsp3) is 0.276. The molecule has 2 aliphatic rings. The molecule has 3 aromatic carbocycles. The van der Waals surface area contributed by atoms with Crippen LogP contribution >= 0.6 is 11.6 Å². The summed E-state index contributed by atoms with van der Waals surface area (Å²) < 4.78 is 5.85. The molecule has 5 N–H and O–H groups in total. The second-order valence-electron chi connectivity index (χ2n) is 10.3. The van der Waals surface area contributed by atoms with Gasteiger partial charge in [-0.15, -0.1) is 0 Å². The van der Waals surface area contributed by atoms with Gasteiger partial charge in [-0.25, -0.2) is 4.79 Å². The second kappa shape index (κ2) is 9.91. The number of nitrogen functional groups attached to an aromatic ring is 1. The van der Waals surface area contributed by atoms with E-state index in [9.17, 15) is 9.59 Å². The number of carbonyl (C=O) groups excluding carboxylic acids is 2. The third-order valence-electron chi connectivity index (χ3n) is 7.69. The number of amides is 2. The van der Waals surface area contributed by atoms with Crippen molar-refractivity contribution in [2.24, 2.45) is 0 Å². The lowest BCUT2D eigenvalue weighted by atomic mass is 9.90. The van der Waals surface area contributed by atoms with Crippen LogP contribution in [0.2, 0.25) is 5.02 Å². The summed E-state index contributed by atoms with van der Waals surface area (Å²) in [7, 11) is 0. The Hall–Kier alpha value is -4.08. The highest BCUT2D eigenvalue weighted by Crippen LogP contribution is 2.44. The van der Waals surface area contributed by atoms with Gasteiger partial charge in [0.1, 0.15) is 0 Å². The van der Waals surface area contributed by atoms with Crippen LogP contribution in [0, 0.1) is 0 Å². The molecule has 0 bridgehead atoms. The van der Waals surface area contributed by atoms with E-state index in [1.807, 2.05) is 61.5 Å². The average Bonchev–Trinajstić information content (AvgIpc) is 3.52. The molecule has 1 unspecified atom stereocenters. The minimum absolute atomic E-state index is 0.0485. The van der Waals surface area contributed by atoms with Crippen LogP contribution in [0.1, 0.15) is 36.1 Å². The number of halogens is 1. The number of nitrogens with zero attached hydrogens (tertiary/aromatic N) is 2. The first-order valence-electron chi connectivity index (χ1n) is 12.9. The zero-order chi connectivity index (χ0) is 27.1. The maximum Gasteiger partial charge on any atom is 0.412 e. The van der Waals surface area contributed by atoms with Crippen molar-refractivity contribution in [2.45, 2.75) is 37.5 Å². The molecule has 1 spiro atoms. The quantitative estimate of drug-likeness (QED) is 0.277. The highest BCUT2D eigenvalue weighted by atomic mass is 35.5. The molecule has 10 heteroatoms.